The zero-order valence-corrected chi connectivity index (χ0v) is 16.1. The van der Waals surface area contributed by atoms with Gasteiger partial charge in [0.15, 0.2) is 11.6 Å². The van der Waals surface area contributed by atoms with Gasteiger partial charge in [-0.25, -0.2) is 0 Å². The third-order valence-electron chi connectivity index (χ3n) is 4.58. The zero-order valence-electron chi connectivity index (χ0n) is 16.1. The molecule has 150 valence electrons. The van der Waals surface area contributed by atoms with Gasteiger partial charge in [0.2, 0.25) is 5.95 Å². The van der Waals surface area contributed by atoms with Gasteiger partial charge in [0.05, 0.1) is 24.8 Å². The number of benzene rings is 1. The van der Waals surface area contributed by atoms with Crippen molar-refractivity contribution in [3.05, 3.63) is 54.6 Å². The molecule has 0 atom stereocenters. The zero-order chi connectivity index (χ0) is 20.1. The van der Waals surface area contributed by atoms with Crippen molar-refractivity contribution in [2.75, 3.05) is 43.0 Å². The molecular weight excluding hydrogens is 372 g/mol. The minimum absolute atomic E-state index is 0.100. The minimum atomic E-state index is -0.100. The number of carbonyl (C=O) groups excluding carboxylic acids is 1. The number of hydrogen-bond acceptors (Lipinski definition) is 8. The highest BCUT2D eigenvalue weighted by molar-refractivity contribution is 5.91. The molecule has 1 aliphatic heterocycles. The average Bonchev–Trinajstić information content (AvgIpc) is 3.30. The highest BCUT2D eigenvalue weighted by atomic mass is 16.5. The van der Waals surface area contributed by atoms with E-state index in [1.807, 2.05) is 36.1 Å². The first-order valence-electron chi connectivity index (χ1n) is 9.51. The molecule has 0 bridgehead atoms. The van der Waals surface area contributed by atoms with E-state index in [0.717, 1.165) is 11.4 Å². The number of rotatable bonds is 6. The third kappa shape index (κ3) is 4.29. The summed E-state index contributed by atoms with van der Waals surface area (Å²) in [6.45, 7) is 4.88. The maximum atomic E-state index is 12.4. The van der Waals surface area contributed by atoms with Gasteiger partial charge in [0, 0.05) is 26.2 Å². The van der Waals surface area contributed by atoms with E-state index in [4.69, 9.17) is 9.15 Å². The number of ether oxygens (including phenoxy) is 1. The molecule has 1 aromatic carbocycles. The van der Waals surface area contributed by atoms with Crippen molar-refractivity contribution in [2.24, 2.45) is 0 Å². The van der Waals surface area contributed by atoms with Gasteiger partial charge in [-0.2, -0.15) is 10.1 Å². The lowest BCUT2D eigenvalue weighted by atomic mass is 10.3. The number of anilines is 3. The Balaban J connectivity index is 1.41. The van der Waals surface area contributed by atoms with E-state index in [0.29, 0.717) is 50.3 Å². The lowest BCUT2D eigenvalue weighted by molar-refractivity contribution is 0.0714. The highest BCUT2D eigenvalue weighted by Crippen LogP contribution is 2.27. The Morgan fingerprint density at radius 2 is 2.00 bits per heavy atom. The molecule has 0 unspecified atom stereocenters. The van der Waals surface area contributed by atoms with Crippen LogP contribution in [0.4, 0.5) is 17.5 Å². The Labute approximate surface area is 168 Å². The van der Waals surface area contributed by atoms with Gasteiger partial charge in [-0.1, -0.05) is 12.1 Å². The summed E-state index contributed by atoms with van der Waals surface area (Å²) < 4.78 is 10.8. The molecule has 9 heteroatoms. The maximum Gasteiger partial charge on any atom is 0.289 e. The lowest BCUT2D eigenvalue weighted by Gasteiger charge is -2.34. The van der Waals surface area contributed by atoms with Crippen molar-refractivity contribution < 1.29 is 13.9 Å². The molecule has 9 nitrogen and oxygen atoms in total. The molecule has 2 aromatic heterocycles. The van der Waals surface area contributed by atoms with Crippen LogP contribution in [0.1, 0.15) is 17.5 Å². The lowest BCUT2D eigenvalue weighted by Crippen LogP contribution is -2.49. The normalized spacial score (nSPS) is 14.0. The molecule has 0 saturated carbocycles. The second kappa shape index (κ2) is 8.59. The highest BCUT2D eigenvalue weighted by Gasteiger charge is 2.25. The second-order valence-electron chi connectivity index (χ2n) is 6.45. The maximum absolute atomic E-state index is 12.4. The quantitative estimate of drug-likeness (QED) is 0.681. The van der Waals surface area contributed by atoms with E-state index in [1.54, 1.807) is 23.2 Å². The molecule has 1 saturated heterocycles. The Kier molecular flexibility index (Phi) is 5.55. The van der Waals surface area contributed by atoms with Crippen molar-refractivity contribution in [2.45, 2.75) is 6.92 Å². The first-order chi connectivity index (χ1) is 14.2. The van der Waals surface area contributed by atoms with Crippen LogP contribution in [-0.4, -0.2) is 58.8 Å². The average molecular weight is 394 g/mol. The van der Waals surface area contributed by atoms with Crippen LogP contribution in [0.3, 0.4) is 0 Å². The summed E-state index contributed by atoms with van der Waals surface area (Å²) in [6, 6.07) is 11.1. The predicted molar refractivity (Wildman–Crippen MR) is 108 cm³/mol. The Morgan fingerprint density at radius 3 is 2.76 bits per heavy atom. The monoisotopic (exact) mass is 394 g/mol. The van der Waals surface area contributed by atoms with Gasteiger partial charge in [-0.3, -0.25) is 4.79 Å². The van der Waals surface area contributed by atoms with Crippen molar-refractivity contribution in [3.63, 3.8) is 0 Å². The fraction of sp³-hybridized carbons (Fsp3) is 0.300. The van der Waals surface area contributed by atoms with Crippen molar-refractivity contribution in [1.82, 2.24) is 20.1 Å². The van der Waals surface area contributed by atoms with E-state index in [-0.39, 0.29) is 5.91 Å². The number of furan rings is 1. The van der Waals surface area contributed by atoms with Gasteiger partial charge in [-0.05, 0) is 31.2 Å². The van der Waals surface area contributed by atoms with Crippen LogP contribution in [0, 0.1) is 0 Å². The summed E-state index contributed by atoms with van der Waals surface area (Å²) in [4.78, 5) is 20.8. The Bertz CT molecular complexity index is 954. The first kappa shape index (κ1) is 18.7. The summed E-state index contributed by atoms with van der Waals surface area (Å²) in [7, 11) is 0. The molecule has 3 heterocycles. The van der Waals surface area contributed by atoms with Crippen LogP contribution in [-0.2, 0) is 0 Å². The van der Waals surface area contributed by atoms with E-state index in [9.17, 15) is 4.79 Å². The molecule has 29 heavy (non-hydrogen) atoms. The van der Waals surface area contributed by atoms with Crippen LogP contribution < -0.4 is 15.0 Å². The van der Waals surface area contributed by atoms with Crippen LogP contribution in [0.2, 0.25) is 0 Å². The summed E-state index contributed by atoms with van der Waals surface area (Å²) in [5.74, 6) is 2.11. The summed E-state index contributed by atoms with van der Waals surface area (Å²) >= 11 is 0. The number of nitrogens with one attached hydrogen (secondary N) is 1. The largest absolute Gasteiger partial charge is 0.492 e. The smallest absolute Gasteiger partial charge is 0.289 e. The summed E-state index contributed by atoms with van der Waals surface area (Å²) in [5, 5.41) is 11.5. The minimum Gasteiger partial charge on any atom is -0.492 e. The number of nitrogens with zero attached hydrogens (tertiary/aromatic N) is 5. The van der Waals surface area contributed by atoms with Crippen LogP contribution in [0.15, 0.2) is 53.3 Å². The number of aromatic nitrogens is 3. The van der Waals surface area contributed by atoms with Crippen LogP contribution in [0.25, 0.3) is 0 Å². The van der Waals surface area contributed by atoms with E-state index < -0.39 is 0 Å². The first-order valence-corrected chi connectivity index (χ1v) is 9.51. The molecular formula is C20H22N6O3. The molecule has 4 rings (SSSR count). The number of hydrogen-bond donors (Lipinski definition) is 1. The third-order valence-corrected chi connectivity index (χ3v) is 4.58. The summed E-state index contributed by atoms with van der Waals surface area (Å²) in [5.41, 5.74) is 0.815. The van der Waals surface area contributed by atoms with Gasteiger partial charge >= 0.3 is 0 Å². The van der Waals surface area contributed by atoms with Crippen molar-refractivity contribution in [1.29, 1.82) is 0 Å². The van der Waals surface area contributed by atoms with Gasteiger partial charge in [-0.15, -0.1) is 5.10 Å². The van der Waals surface area contributed by atoms with E-state index in [1.165, 1.54) is 6.26 Å². The SMILES string of the molecule is CCOc1ccccc1Nc1cnnc(N2CCN(C(=O)c3ccco3)CC2)n1. The fourth-order valence-corrected chi connectivity index (χ4v) is 3.14. The molecule has 1 aliphatic rings. The van der Waals surface area contributed by atoms with Gasteiger partial charge < -0.3 is 24.3 Å². The number of para-hydroxylation sites is 2. The molecule has 1 fully saturated rings. The van der Waals surface area contributed by atoms with Crippen LogP contribution in [0.5, 0.6) is 5.75 Å². The van der Waals surface area contributed by atoms with Crippen molar-refractivity contribution >= 4 is 23.4 Å². The molecule has 3 aromatic rings. The molecule has 1 N–H and O–H groups in total. The second-order valence-corrected chi connectivity index (χ2v) is 6.45. The number of carbonyl (C=O) groups is 1. The molecule has 0 spiro atoms. The Hall–Kier alpha value is -3.62. The Morgan fingerprint density at radius 1 is 1.17 bits per heavy atom. The molecule has 1 amide bonds. The number of piperazine rings is 1. The van der Waals surface area contributed by atoms with Crippen LogP contribution >= 0.6 is 0 Å². The fourth-order valence-electron chi connectivity index (χ4n) is 3.14. The number of amides is 1. The van der Waals surface area contributed by atoms with E-state index >= 15 is 0 Å². The van der Waals surface area contributed by atoms with Gasteiger partial charge in [0.1, 0.15) is 5.75 Å². The van der Waals surface area contributed by atoms with Gasteiger partial charge in [0.25, 0.3) is 5.91 Å². The standard InChI is InChI=1S/C20H22N6O3/c1-2-28-16-7-4-3-6-15(16)22-18-14-21-24-20(23-18)26-11-9-25(10-12-26)19(27)17-8-5-13-29-17/h3-8,13-14H,2,9-12H2,1H3,(H,22,23,24). The topological polar surface area (TPSA) is 96.6 Å². The predicted octanol–water partition coefficient (Wildman–Crippen LogP) is 2.57. The van der Waals surface area contributed by atoms with Crippen molar-refractivity contribution in [3.8, 4) is 5.75 Å². The summed E-state index contributed by atoms with van der Waals surface area (Å²) in [6.07, 6.45) is 3.08. The molecule has 0 radical (unpaired) electrons. The van der Waals surface area contributed by atoms with E-state index in [2.05, 4.69) is 20.5 Å². The molecule has 0 aliphatic carbocycles.